The average Bonchev–Trinajstić information content (AvgIpc) is 2.49. The van der Waals surface area contributed by atoms with Crippen molar-refractivity contribution in [2.45, 2.75) is 13.0 Å². The van der Waals surface area contributed by atoms with Gasteiger partial charge in [0, 0.05) is 10.7 Å². The van der Waals surface area contributed by atoms with Crippen molar-refractivity contribution in [3.63, 3.8) is 0 Å². The van der Waals surface area contributed by atoms with Crippen LogP contribution in [0.4, 0.5) is 10.2 Å². The van der Waals surface area contributed by atoms with Crippen LogP contribution in [0.2, 0.25) is 5.02 Å². The molecule has 1 N–H and O–H groups in total. The number of carbonyl (C=O) groups is 2. The van der Waals surface area contributed by atoms with Crippen molar-refractivity contribution in [2.75, 3.05) is 5.32 Å². The highest BCUT2D eigenvalue weighted by Gasteiger charge is 2.21. The number of pyridine rings is 1. The quantitative estimate of drug-likeness (QED) is 0.791. The molecule has 0 aliphatic rings. The van der Waals surface area contributed by atoms with Crippen LogP contribution in [0.3, 0.4) is 0 Å². The van der Waals surface area contributed by atoms with E-state index in [4.69, 9.17) is 16.3 Å². The van der Waals surface area contributed by atoms with Crippen LogP contribution in [-0.4, -0.2) is 23.0 Å². The summed E-state index contributed by atoms with van der Waals surface area (Å²) in [5, 5.41) is 2.93. The molecule has 0 aliphatic heterocycles. The molecule has 1 aromatic carbocycles. The lowest BCUT2D eigenvalue weighted by molar-refractivity contribution is -0.123. The van der Waals surface area contributed by atoms with Gasteiger partial charge in [-0.2, -0.15) is 0 Å². The van der Waals surface area contributed by atoms with E-state index < -0.39 is 23.8 Å². The lowest BCUT2D eigenvalue weighted by Crippen LogP contribution is -2.30. The van der Waals surface area contributed by atoms with E-state index in [1.165, 1.54) is 25.3 Å². The molecule has 1 amide bonds. The van der Waals surface area contributed by atoms with Crippen molar-refractivity contribution in [2.24, 2.45) is 0 Å². The fraction of sp³-hybridized carbons (Fsp3) is 0.133. The van der Waals surface area contributed by atoms with Gasteiger partial charge in [-0.1, -0.05) is 11.6 Å². The smallest absolute Gasteiger partial charge is 0.340 e. The van der Waals surface area contributed by atoms with Gasteiger partial charge < -0.3 is 10.1 Å². The molecule has 120 valence electrons. The van der Waals surface area contributed by atoms with Crippen molar-refractivity contribution >= 4 is 45.2 Å². The van der Waals surface area contributed by atoms with Crippen LogP contribution in [-0.2, 0) is 9.53 Å². The molecule has 0 radical (unpaired) electrons. The number of hydrogen-bond donors (Lipinski definition) is 1. The zero-order valence-electron chi connectivity index (χ0n) is 11.8. The predicted octanol–water partition coefficient (Wildman–Crippen LogP) is 3.82. The molecule has 0 bridgehead atoms. The minimum absolute atomic E-state index is 0.121. The van der Waals surface area contributed by atoms with Gasteiger partial charge in [0.1, 0.15) is 11.6 Å². The second kappa shape index (κ2) is 7.52. The Morgan fingerprint density at radius 3 is 2.70 bits per heavy atom. The van der Waals surface area contributed by atoms with E-state index in [-0.39, 0.29) is 15.9 Å². The largest absolute Gasteiger partial charge is 0.449 e. The van der Waals surface area contributed by atoms with Gasteiger partial charge in [0.2, 0.25) is 0 Å². The van der Waals surface area contributed by atoms with Gasteiger partial charge in [0.05, 0.1) is 10.6 Å². The number of nitrogens with zero attached hydrogens (tertiary/aromatic N) is 1. The van der Waals surface area contributed by atoms with Gasteiger partial charge in [-0.15, -0.1) is 0 Å². The zero-order valence-corrected chi connectivity index (χ0v) is 14.2. The van der Waals surface area contributed by atoms with Crippen LogP contribution >= 0.6 is 27.5 Å². The van der Waals surface area contributed by atoms with Gasteiger partial charge in [-0.25, -0.2) is 14.2 Å². The van der Waals surface area contributed by atoms with E-state index in [1.807, 2.05) is 0 Å². The molecule has 0 aliphatic carbocycles. The first-order valence-electron chi connectivity index (χ1n) is 6.45. The maximum atomic E-state index is 13.0. The van der Waals surface area contributed by atoms with Crippen molar-refractivity contribution < 1.29 is 18.7 Å². The standard InChI is InChI=1S/C15H11BrClFN2O3/c1-8(14(21)20-13-5-2-9(17)7-19-13)23-15(22)11-4-3-10(18)6-12(11)16/h2-8H,1H3,(H,19,20,21)/t8-/m0/s1. The molecule has 0 saturated carbocycles. The maximum Gasteiger partial charge on any atom is 0.340 e. The van der Waals surface area contributed by atoms with E-state index in [0.29, 0.717) is 5.02 Å². The summed E-state index contributed by atoms with van der Waals surface area (Å²) in [5.41, 5.74) is 0.121. The summed E-state index contributed by atoms with van der Waals surface area (Å²) in [7, 11) is 0. The SMILES string of the molecule is C[C@H](OC(=O)c1ccc(F)cc1Br)C(=O)Nc1ccc(Cl)cn1. The Bertz CT molecular complexity index is 740. The number of anilines is 1. The summed E-state index contributed by atoms with van der Waals surface area (Å²) < 4.78 is 18.3. The molecule has 2 aromatic rings. The molecule has 1 aromatic heterocycles. The van der Waals surface area contributed by atoms with Crippen molar-refractivity contribution in [3.8, 4) is 0 Å². The van der Waals surface area contributed by atoms with Crippen molar-refractivity contribution in [1.82, 2.24) is 4.98 Å². The normalized spacial score (nSPS) is 11.7. The summed E-state index contributed by atoms with van der Waals surface area (Å²) in [4.78, 5) is 27.9. The molecule has 1 heterocycles. The Kier molecular flexibility index (Phi) is 5.68. The minimum atomic E-state index is -1.06. The molecule has 0 unspecified atom stereocenters. The third-order valence-corrected chi connectivity index (χ3v) is 3.66. The summed E-state index contributed by atoms with van der Waals surface area (Å²) in [6, 6.07) is 6.62. The molecule has 23 heavy (non-hydrogen) atoms. The minimum Gasteiger partial charge on any atom is -0.449 e. The fourth-order valence-corrected chi connectivity index (χ4v) is 2.23. The summed E-state index contributed by atoms with van der Waals surface area (Å²) in [6.45, 7) is 1.42. The molecular formula is C15H11BrClFN2O3. The molecule has 2 rings (SSSR count). The monoisotopic (exact) mass is 400 g/mol. The highest BCUT2D eigenvalue weighted by Crippen LogP contribution is 2.19. The lowest BCUT2D eigenvalue weighted by atomic mass is 10.2. The predicted molar refractivity (Wildman–Crippen MR) is 86.9 cm³/mol. The lowest BCUT2D eigenvalue weighted by Gasteiger charge is -2.13. The molecule has 0 saturated heterocycles. The first-order valence-corrected chi connectivity index (χ1v) is 7.62. The van der Waals surface area contributed by atoms with Gasteiger partial charge in [-0.3, -0.25) is 4.79 Å². The van der Waals surface area contributed by atoms with E-state index in [2.05, 4.69) is 26.2 Å². The highest BCUT2D eigenvalue weighted by molar-refractivity contribution is 9.10. The summed E-state index contributed by atoms with van der Waals surface area (Å²) in [5.74, 6) is -1.51. The number of ether oxygens (including phenoxy) is 1. The van der Waals surface area contributed by atoms with E-state index in [0.717, 1.165) is 12.1 Å². The van der Waals surface area contributed by atoms with Crippen LogP contribution in [0.15, 0.2) is 41.0 Å². The fourth-order valence-electron chi connectivity index (χ4n) is 1.61. The molecule has 8 heteroatoms. The highest BCUT2D eigenvalue weighted by atomic mass is 79.9. The van der Waals surface area contributed by atoms with E-state index in [1.54, 1.807) is 6.07 Å². The third-order valence-electron chi connectivity index (χ3n) is 2.78. The first kappa shape index (κ1) is 17.4. The molecule has 0 fully saturated rings. The number of carbonyl (C=O) groups excluding carboxylic acids is 2. The molecular weight excluding hydrogens is 391 g/mol. The molecule has 5 nitrogen and oxygen atoms in total. The molecule has 1 atom stereocenters. The number of benzene rings is 1. The van der Waals surface area contributed by atoms with Crippen LogP contribution < -0.4 is 5.32 Å². The number of aromatic nitrogens is 1. The Labute approximate surface area is 144 Å². The van der Waals surface area contributed by atoms with Crippen molar-refractivity contribution in [1.29, 1.82) is 0 Å². The Balaban J connectivity index is 2.00. The second-order valence-electron chi connectivity index (χ2n) is 4.52. The van der Waals surface area contributed by atoms with E-state index in [9.17, 15) is 14.0 Å². The maximum absolute atomic E-state index is 13.0. The van der Waals surface area contributed by atoms with Gasteiger partial charge in [0.15, 0.2) is 6.10 Å². The topological polar surface area (TPSA) is 68.3 Å². The second-order valence-corrected chi connectivity index (χ2v) is 5.81. The number of esters is 1. The van der Waals surface area contributed by atoms with Crippen LogP contribution in [0, 0.1) is 5.82 Å². The van der Waals surface area contributed by atoms with Gasteiger partial charge in [0.25, 0.3) is 5.91 Å². The zero-order chi connectivity index (χ0) is 17.0. The number of halogens is 3. The molecule has 0 spiro atoms. The Morgan fingerprint density at radius 2 is 2.09 bits per heavy atom. The summed E-state index contributed by atoms with van der Waals surface area (Å²) >= 11 is 8.77. The van der Waals surface area contributed by atoms with Crippen LogP contribution in [0.1, 0.15) is 17.3 Å². The van der Waals surface area contributed by atoms with Crippen molar-refractivity contribution in [3.05, 3.63) is 57.4 Å². The van der Waals surface area contributed by atoms with Crippen LogP contribution in [0.5, 0.6) is 0 Å². The third kappa shape index (κ3) is 4.74. The number of hydrogen-bond acceptors (Lipinski definition) is 4. The van der Waals surface area contributed by atoms with Gasteiger partial charge >= 0.3 is 5.97 Å². The van der Waals surface area contributed by atoms with Crippen LogP contribution in [0.25, 0.3) is 0 Å². The summed E-state index contributed by atoms with van der Waals surface area (Å²) in [6.07, 6.45) is 0.320. The first-order chi connectivity index (χ1) is 10.9. The Morgan fingerprint density at radius 1 is 1.35 bits per heavy atom. The van der Waals surface area contributed by atoms with Gasteiger partial charge in [-0.05, 0) is 53.2 Å². The number of rotatable bonds is 4. The van der Waals surface area contributed by atoms with E-state index >= 15 is 0 Å². The average molecular weight is 402 g/mol. The Hall–Kier alpha value is -1.99. The number of amides is 1. The number of nitrogens with one attached hydrogen (secondary N) is 1.